The first-order chi connectivity index (χ1) is 12.0. The van der Waals surface area contributed by atoms with Crippen LogP contribution in [0.25, 0.3) is 10.2 Å². The molecule has 5 heteroatoms. The predicted molar refractivity (Wildman–Crippen MR) is 109 cm³/mol. The minimum Gasteiger partial charge on any atom is -0.283 e. The molecule has 1 aromatic carbocycles. The quantitative estimate of drug-likeness (QED) is 0.349. The fraction of sp³-hybridized carbons (Fsp3) is 0.300. The molecule has 0 saturated carbocycles. The molecule has 3 rings (SSSR count). The number of thiophene rings is 1. The molecule has 2 aromatic heterocycles. The lowest BCUT2D eigenvalue weighted by Crippen LogP contribution is -2.24. The van der Waals surface area contributed by atoms with Crippen LogP contribution in [0.2, 0.25) is 0 Å². The maximum absolute atomic E-state index is 13.2. The summed E-state index contributed by atoms with van der Waals surface area (Å²) in [5, 5.41) is 1.54. The predicted octanol–water partition coefficient (Wildman–Crippen LogP) is 4.96. The third-order valence-corrected chi connectivity index (χ3v) is 6.53. The summed E-state index contributed by atoms with van der Waals surface area (Å²) < 4.78 is 1.81. The van der Waals surface area contributed by atoms with Crippen LogP contribution < -0.4 is 5.56 Å². The van der Waals surface area contributed by atoms with Crippen molar-refractivity contribution in [2.24, 2.45) is 0 Å². The van der Waals surface area contributed by atoms with Crippen LogP contribution in [-0.2, 0) is 13.0 Å². The first-order valence-electron chi connectivity index (χ1n) is 8.37. The minimum absolute atomic E-state index is 0.0607. The first kappa shape index (κ1) is 18.0. The van der Waals surface area contributed by atoms with Crippen molar-refractivity contribution in [1.82, 2.24) is 9.55 Å². The van der Waals surface area contributed by atoms with Gasteiger partial charge in [-0.3, -0.25) is 9.36 Å². The summed E-state index contributed by atoms with van der Waals surface area (Å²) in [5.74, 6) is 0.733. The highest BCUT2D eigenvalue weighted by atomic mass is 32.2. The number of aromatic nitrogens is 2. The van der Waals surface area contributed by atoms with Crippen molar-refractivity contribution in [2.75, 3.05) is 5.75 Å². The van der Waals surface area contributed by atoms with Gasteiger partial charge in [0.1, 0.15) is 4.83 Å². The molecule has 0 fully saturated rings. The van der Waals surface area contributed by atoms with E-state index in [0.29, 0.717) is 6.54 Å². The van der Waals surface area contributed by atoms with Crippen molar-refractivity contribution < 1.29 is 0 Å². The van der Waals surface area contributed by atoms with Crippen LogP contribution >= 0.6 is 23.1 Å². The Bertz CT molecular complexity index is 968. The van der Waals surface area contributed by atoms with Crippen LogP contribution in [0, 0.1) is 13.8 Å². The summed E-state index contributed by atoms with van der Waals surface area (Å²) in [6, 6.07) is 8.31. The molecule has 0 aliphatic carbocycles. The van der Waals surface area contributed by atoms with Gasteiger partial charge in [0.05, 0.1) is 11.9 Å². The van der Waals surface area contributed by atoms with E-state index < -0.39 is 0 Å². The summed E-state index contributed by atoms with van der Waals surface area (Å²) in [4.78, 5) is 20.1. The molecular weight excluding hydrogens is 348 g/mol. The lowest BCUT2D eigenvalue weighted by Gasteiger charge is -2.12. The van der Waals surface area contributed by atoms with Gasteiger partial charge in [-0.2, -0.15) is 0 Å². The van der Waals surface area contributed by atoms with Gasteiger partial charge in [0.2, 0.25) is 0 Å². The van der Waals surface area contributed by atoms with E-state index in [1.54, 1.807) is 27.7 Å². The van der Waals surface area contributed by atoms with Gasteiger partial charge in [0.15, 0.2) is 5.16 Å². The lowest BCUT2D eigenvalue weighted by molar-refractivity contribution is 0.659. The van der Waals surface area contributed by atoms with Crippen molar-refractivity contribution in [3.63, 3.8) is 0 Å². The standard InChI is InChI=1S/C20H22N2OS2/c1-5-11-24-20-21-18-17(14(4)16(6-2)25-18)19(23)22(20)12-15-9-7-13(3)8-10-15/h5,7-10H,1,6,11-12H2,2-4H3. The number of benzene rings is 1. The third-order valence-electron chi connectivity index (χ3n) is 4.23. The second-order valence-corrected chi connectivity index (χ2v) is 8.13. The van der Waals surface area contributed by atoms with Crippen LogP contribution in [-0.4, -0.2) is 15.3 Å². The highest BCUT2D eigenvalue weighted by Crippen LogP contribution is 2.29. The minimum atomic E-state index is 0.0607. The fourth-order valence-corrected chi connectivity index (χ4v) is 4.73. The molecule has 0 atom stereocenters. The topological polar surface area (TPSA) is 34.9 Å². The average molecular weight is 371 g/mol. The Hall–Kier alpha value is -1.85. The van der Waals surface area contributed by atoms with Gasteiger partial charge in [-0.05, 0) is 31.4 Å². The van der Waals surface area contributed by atoms with Gasteiger partial charge in [0, 0.05) is 10.6 Å². The van der Waals surface area contributed by atoms with Gasteiger partial charge in [-0.1, -0.05) is 54.6 Å². The number of fused-ring (bicyclic) bond motifs is 1. The summed E-state index contributed by atoms with van der Waals surface area (Å²) in [5.41, 5.74) is 3.47. The van der Waals surface area contributed by atoms with Crippen LogP contribution in [0.15, 0.2) is 46.9 Å². The number of nitrogens with zero attached hydrogens (tertiary/aromatic N) is 2. The monoisotopic (exact) mass is 370 g/mol. The molecular formula is C20H22N2OS2. The highest BCUT2D eigenvalue weighted by molar-refractivity contribution is 7.99. The van der Waals surface area contributed by atoms with E-state index in [1.807, 2.05) is 13.0 Å². The Morgan fingerprint density at radius 2 is 2.00 bits per heavy atom. The Balaban J connectivity index is 2.17. The van der Waals surface area contributed by atoms with E-state index in [-0.39, 0.29) is 5.56 Å². The van der Waals surface area contributed by atoms with Gasteiger partial charge in [-0.25, -0.2) is 4.98 Å². The fourth-order valence-electron chi connectivity index (χ4n) is 2.84. The molecule has 130 valence electrons. The first-order valence-corrected chi connectivity index (χ1v) is 10.2. The van der Waals surface area contributed by atoms with E-state index in [2.05, 4.69) is 44.7 Å². The van der Waals surface area contributed by atoms with Gasteiger partial charge < -0.3 is 0 Å². The highest BCUT2D eigenvalue weighted by Gasteiger charge is 2.17. The molecule has 0 N–H and O–H groups in total. The summed E-state index contributed by atoms with van der Waals surface area (Å²) in [6.07, 6.45) is 2.77. The second-order valence-electron chi connectivity index (χ2n) is 6.05. The maximum atomic E-state index is 13.2. The van der Waals surface area contributed by atoms with E-state index in [1.165, 1.54) is 10.4 Å². The molecule has 0 saturated heterocycles. The molecule has 0 aliphatic heterocycles. The Morgan fingerprint density at radius 1 is 1.28 bits per heavy atom. The number of thioether (sulfide) groups is 1. The van der Waals surface area contributed by atoms with Crippen molar-refractivity contribution in [3.05, 3.63) is 68.8 Å². The zero-order chi connectivity index (χ0) is 18.0. The van der Waals surface area contributed by atoms with Crippen molar-refractivity contribution in [3.8, 4) is 0 Å². The number of aryl methyl sites for hydroxylation is 3. The van der Waals surface area contributed by atoms with Crippen LogP contribution in [0.5, 0.6) is 0 Å². The molecule has 0 bridgehead atoms. The molecule has 25 heavy (non-hydrogen) atoms. The zero-order valence-corrected chi connectivity index (χ0v) is 16.5. The second kappa shape index (κ2) is 7.58. The number of rotatable bonds is 6. The van der Waals surface area contributed by atoms with E-state index in [0.717, 1.165) is 38.7 Å². The lowest BCUT2D eigenvalue weighted by atomic mass is 10.1. The maximum Gasteiger partial charge on any atom is 0.263 e. The van der Waals surface area contributed by atoms with E-state index in [4.69, 9.17) is 4.98 Å². The molecule has 0 radical (unpaired) electrons. The smallest absolute Gasteiger partial charge is 0.263 e. The summed E-state index contributed by atoms with van der Waals surface area (Å²) in [7, 11) is 0. The van der Waals surface area contributed by atoms with Gasteiger partial charge in [0.25, 0.3) is 5.56 Å². The van der Waals surface area contributed by atoms with Crippen LogP contribution in [0.4, 0.5) is 0 Å². The average Bonchev–Trinajstić information content (AvgIpc) is 2.93. The van der Waals surface area contributed by atoms with Crippen LogP contribution in [0.1, 0.15) is 28.5 Å². The molecule has 2 heterocycles. The SMILES string of the molecule is C=CCSc1nc2sc(CC)c(C)c2c(=O)n1Cc1ccc(C)cc1. The summed E-state index contributed by atoms with van der Waals surface area (Å²) in [6.45, 7) is 10.5. The largest absolute Gasteiger partial charge is 0.283 e. The normalized spacial score (nSPS) is 11.2. The van der Waals surface area contributed by atoms with Crippen LogP contribution in [0.3, 0.4) is 0 Å². The van der Waals surface area contributed by atoms with Gasteiger partial charge >= 0.3 is 0 Å². The summed E-state index contributed by atoms with van der Waals surface area (Å²) >= 11 is 3.20. The number of hydrogen-bond donors (Lipinski definition) is 0. The van der Waals surface area contributed by atoms with Crippen molar-refractivity contribution in [1.29, 1.82) is 0 Å². The van der Waals surface area contributed by atoms with E-state index in [9.17, 15) is 4.79 Å². The molecule has 0 aliphatic rings. The molecule has 0 amide bonds. The molecule has 3 nitrogen and oxygen atoms in total. The third kappa shape index (κ3) is 3.58. The Morgan fingerprint density at radius 3 is 2.64 bits per heavy atom. The number of hydrogen-bond acceptors (Lipinski definition) is 4. The van der Waals surface area contributed by atoms with Crippen molar-refractivity contribution >= 4 is 33.3 Å². The Labute approximate surface area is 156 Å². The molecule has 0 unspecified atom stereocenters. The molecule has 3 aromatic rings. The Kier molecular flexibility index (Phi) is 5.45. The van der Waals surface area contributed by atoms with E-state index >= 15 is 0 Å². The van der Waals surface area contributed by atoms with Crippen molar-refractivity contribution in [2.45, 2.75) is 38.9 Å². The van der Waals surface area contributed by atoms with Gasteiger partial charge in [-0.15, -0.1) is 17.9 Å². The molecule has 0 spiro atoms. The zero-order valence-electron chi connectivity index (χ0n) is 14.8.